The average Bonchev–Trinajstić information content (AvgIpc) is 3.15. The first kappa shape index (κ1) is 25.8. The highest BCUT2D eigenvalue weighted by Crippen LogP contribution is 2.46. The molecule has 3 amide bonds. The summed E-state index contributed by atoms with van der Waals surface area (Å²) in [5.41, 5.74) is 1.85. The van der Waals surface area contributed by atoms with Gasteiger partial charge in [-0.25, -0.2) is 14.6 Å². The molecule has 5 rings (SSSR count). The number of carboxylic acids is 1. The van der Waals surface area contributed by atoms with Crippen molar-refractivity contribution in [2.45, 2.75) is 64.0 Å². The van der Waals surface area contributed by atoms with E-state index in [0.717, 1.165) is 27.3 Å². The summed E-state index contributed by atoms with van der Waals surface area (Å²) >= 11 is 0. The third kappa shape index (κ3) is 4.01. The number of fused-ring (bicyclic) bond motifs is 4. The van der Waals surface area contributed by atoms with E-state index in [4.69, 9.17) is 4.74 Å². The Morgan fingerprint density at radius 1 is 1.05 bits per heavy atom. The van der Waals surface area contributed by atoms with Gasteiger partial charge in [-0.1, -0.05) is 69.3 Å². The van der Waals surface area contributed by atoms with Gasteiger partial charge >= 0.3 is 12.1 Å². The monoisotopic (exact) mass is 519 g/mol. The van der Waals surface area contributed by atoms with Crippen molar-refractivity contribution >= 4 is 23.9 Å². The van der Waals surface area contributed by atoms with Crippen molar-refractivity contribution in [2.75, 3.05) is 13.2 Å². The van der Waals surface area contributed by atoms with Crippen molar-refractivity contribution in [2.24, 2.45) is 5.41 Å². The molecule has 2 fully saturated rings. The summed E-state index contributed by atoms with van der Waals surface area (Å²) in [5, 5.41) is 15.4. The van der Waals surface area contributed by atoms with E-state index in [2.05, 4.69) is 5.32 Å². The van der Waals surface area contributed by atoms with Gasteiger partial charge in [0.25, 0.3) is 5.91 Å². The molecule has 2 aromatic rings. The molecular weight excluding hydrogens is 486 g/mol. The van der Waals surface area contributed by atoms with E-state index >= 15 is 0 Å². The molecule has 0 saturated carbocycles. The molecule has 9 heteroatoms. The van der Waals surface area contributed by atoms with E-state index in [1.807, 2.05) is 48.5 Å². The number of carbonyl (C=O) groups is 4. The zero-order chi connectivity index (χ0) is 27.2. The number of nitrogens with zero attached hydrogens (tertiary/aromatic N) is 2. The summed E-state index contributed by atoms with van der Waals surface area (Å²) in [5.74, 6) is -2.25. The number of alkyl carbamates (subject to hydrolysis) is 1. The molecule has 2 aromatic carbocycles. The minimum atomic E-state index is -1.62. The zero-order valence-electron chi connectivity index (χ0n) is 21.9. The van der Waals surface area contributed by atoms with Crippen LogP contribution in [0.3, 0.4) is 0 Å². The van der Waals surface area contributed by atoms with Crippen molar-refractivity contribution in [3.8, 4) is 11.1 Å². The summed E-state index contributed by atoms with van der Waals surface area (Å²) in [4.78, 5) is 52.4. The summed E-state index contributed by atoms with van der Waals surface area (Å²) < 4.78 is 5.63. The van der Waals surface area contributed by atoms with Crippen LogP contribution in [0.25, 0.3) is 11.1 Å². The molecule has 0 spiro atoms. The summed E-state index contributed by atoms with van der Waals surface area (Å²) in [7, 11) is 0. The van der Waals surface area contributed by atoms with Crippen LogP contribution in [-0.4, -0.2) is 63.7 Å². The van der Waals surface area contributed by atoms with E-state index in [0.29, 0.717) is 6.42 Å². The normalized spacial score (nSPS) is 23.3. The summed E-state index contributed by atoms with van der Waals surface area (Å²) in [6.45, 7) is 5.59. The molecule has 200 valence electrons. The van der Waals surface area contributed by atoms with Gasteiger partial charge in [-0.15, -0.1) is 0 Å². The minimum Gasteiger partial charge on any atom is -0.479 e. The van der Waals surface area contributed by atoms with E-state index in [1.54, 1.807) is 20.8 Å². The van der Waals surface area contributed by atoms with Crippen LogP contribution in [-0.2, 0) is 19.1 Å². The van der Waals surface area contributed by atoms with Crippen LogP contribution in [0.1, 0.15) is 63.5 Å². The van der Waals surface area contributed by atoms with Gasteiger partial charge in [0.05, 0.1) is 0 Å². The van der Waals surface area contributed by atoms with Gasteiger partial charge in [0.2, 0.25) is 5.91 Å². The predicted molar refractivity (Wildman–Crippen MR) is 139 cm³/mol. The Balaban J connectivity index is 1.35. The number of hydrogen-bond acceptors (Lipinski definition) is 5. The number of hydrazine groups is 1. The lowest BCUT2D eigenvalue weighted by atomic mass is 9.69. The molecule has 1 aliphatic carbocycles. The second-order valence-corrected chi connectivity index (χ2v) is 11.2. The molecule has 38 heavy (non-hydrogen) atoms. The van der Waals surface area contributed by atoms with Crippen LogP contribution in [0.5, 0.6) is 0 Å². The molecule has 9 nitrogen and oxygen atoms in total. The Labute approximate surface area is 221 Å². The smallest absolute Gasteiger partial charge is 0.407 e. The van der Waals surface area contributed by atoms with Gasteiger partial charge in [0.15, 0.2) is 5.54 Å². The first-order valence-electron chi connectivity index (χ1n) is 13.1. The highest BCUT2D eigenvalue weighted by molar-refractivity contribution is 5.95. The number of ether oxygens (including phenoxy) is 1. The Kier molecular flexibility index (Phi) is 6.41. The van der Waals surface area contributed by atoms with Crippen LogP contribution in [0.15, 0.2) is 48.5 Å². The van der Waals surface area contributed by atoms with Crippen molar-refractivity contribution in [1.29, 1.82) is 0 Å². The molecule has 3 aliphatic rings. The first-order chi connectivity index (χ1) is 18.1. The Morgan fingerprint density at radius 2 is 1.66 bits per heavy atom. The summed E-state index contributed by atoms with van der Waals surface area (Å²) in [6, 6.07) is 14.9. The molecule has 0 unspecified atom stereocenters. The van der Waals surface area contributed by atoms with Gasteiger partial charge in [-0.2, -0.15) is 0 Å². The number of amides is 3. The molecule has 2 N–H and O–H groups in total. The largest absolute Gasteiger partial charge is 0.479 e. The maximum Gasteiger partial charge on any atom is 0.407 e. The Bertz CT molecular complexity index is 1260. The second kappa shape index (κ2) is 9.45. The fraction of sp³-hybridized carbons (Fsp3) is 0.448. The number of nitrogens with one attached hydrogen (secondary N) is 1. The quantitative estimate of drug-likeness (QED) is 0.633. The maximum atomic E-state index is 13.8. The topological polar surface area (TPSA) is 116 Å². The molecule has 2 atom stereocenters. The van der Waals surface area contributed by atoms with Gasteiger partial charge in [0.1, 0.15) is 12.6 Å². The molecule has 2 heterocycles. The SMILES string of the molecule is CC(C)(C)[C@]1(C(=O)O)CCCN2C(=O)CC[C@H](NC(=O)OCC3c4ccccc4-c4ccccc43)C(=O)N21. The Hall–Kier alpha value is -3.88. The average molecular weight is 520 g/mol. The number of benzene rings is 2. The molecule has 0 bridgehead atoms. The van der Waals surface area contributed by atoms with E-state index in [1.165, 1.54) is 5.01 Å². The predicted octanol–water partition coefficient (Wildman–Crippen LogP) is 3.92. The van der Waals surface area contributed by atoms with Gasteiger partial charge in [-0.05, 0) is 46.9 Å². The van der Waals surface area contributed by atoms with Crippen molar-refractivity contribution in [1.82, 2.24) is 15.3 Å². The second-order valence-electron chi connectivity index (χ2n) is 11.2. The lowest BCUT2D eigenvalue weighted by Crippen LogP contribution is -2.73. The highest BCUT2D eigenvalue weighted by Gasteiger charge is 2.61. The van der Waals surface area contributed by atoms with Crippen LogP contribution >= 0.6 is 0 Å². The Morgan fingerprint density at radius 3 is 2.24 bits per heavy atom. The third-order valence-corrected chi connectivity index (χ3v) is 8.18. The lowest BCUT2D eigenvalue weighted by Gasteiger charge is -2.55. The van der Waals surface area contributed by atoms with Crippen molar-refractivity contribution in [3.63, 3.8) is 0 Å². The van der Waals surface area contributed by atoms with E-state index in [9.17, 15) is 24.3 Å². The van der Waals surface area contributed by atoms with Gasteiger partial charge < -0.3 is 15.2 Å². The maximum absolute atomic E-state index is 13.8. The van der Waals surface area contributed by atoms with E-state index in [-0.39, 0.29) is 44.2 Å². The molecule has 0 radical (unpaired) electrons. The van der Waals surface area contributed by atoms with Crippen molar-refractivity contribution in [3.05, 3.63) is 59.7 Å². The van der Waals surface area contributed by atoms with Crippen LogP contribution in [0.4, 0.5) is 4.79 Å². The highest BCUT2D eigenvalue weighted by atomic mass is 16.5. The number of carbonyl (C=O) groups excluding carboxylic acids is 3. The van der Waals surface area contributed by atoms with Crippen LogP contribution in [0.2, 0.25) is 0 Å². The fourth-order valence-electron chi connectivity index (χ4n) is 6.24. The third-order valence-electron chi connectivity index (χ3n) is 8.18. The molecule has 0 aromatic heterocycles. The van der Waals surface area contributed by atoms with Gasteiger partial charge in [0, 0.05) is 18.9 Å². The number of rotatable bonds is 4. The standard InChI is InChI=1S/C29H33N3O6/c1-28(2,3)29(26(35)36)15-8-16-31-24(33)14-13-23(25(34)32(29)31)30-27(37)38-17-22-20-11-6-4-9-18(20)19-10-5-7-12-21(19)22/h4-7,9-12,22-23H,8,13-17H2,1-3H3,(H,30,37)(H,35,36)/t23-,29+/m0/s1. The first-order valence-corrected chi connectivity index (χ1v) is 13.1. The molecule has 2 aliphatic heterocycles. The number of hydrogen-bond donors (Lipinski definition) is 2. The number of aliphatic carboxylic acids is 1. The zero-order valence-corrected chi connectivity index (χ0v) is 21.9. The minimum absolute atomic E-state index is 0.0103. The fourth-order valence-corrected chi connectivity index (χ4v) is 6.24. The van der Waals surface area contributed by atoms with Crippen LogP contribution < -0.4 is 5.32 Å². The summed E-state index contributed by atoms with van der Waals surface area (Å²) in [6.07, 6.45) is -0.0342. The number of carboxylic acid groups (broad SMARTS) is 1. The molecular formula is C29H33N3O6. The molecule has 2 saturated heterocycles. The van der Waals surface area contributed by atoms with E-state index < -0.39 is 35.0 Å². The van der Waals surface area contributed by atoms with Crippen LogP contribution in [0, 0.1) is 5.41 Å². The van der Waals surface area contributed by atoms with Gasteiger partial charge in [-0.3, -0.25) is 14.6 Å². The lowest BCUT2D eigenvalue weighted by molar-refractivity contribution is -0.210. The van der Waals surface area contributed by atoms with Crippen molar-refractivity contribution < 1.29 is 29.0 Å².